The quantitative estimate of drug-likeness (QED) is 0.480. The van der Waals surface area contributed by atoms with E-state index in [2.05, 4.69) is 25.4 Å². The summed E-state index contributed by atoms with van der Waals surface area (Å²) >= 11 is 0. The lowest BCUT2D eigenvalue weighted by Crippen LogP contribution is -2.20. The van der Waals surface area contributed by atoms with Crippen LogP contribution in [0.1, 0.15) is 0 Å². The minimum atomic E-state index is 0.844. The van der Waals surface area contributed by atoms with Crippen molar-refractivity contribution in [3.63, 3.8) is 0 Å². The number of para-hydroxylation sites is 2. The molecule has 1 aromatic carbocycles. The van der Waals surface area contributed by atoms with Gasteiger partial charge in [-0.05, 0) is 24.3 Å². The summed E-state index contributed by atoms with van der Waals surface area (Å²) < 4.78 is 2.08. The molecule has 0 spiro atoms. The maximum absolute atomic E-state index is 4.67. The molecular weight excluding hydrogens is 235 g/mol. The second kappa shape index (κ2) is 3.78. The number of hydrogen-bond acceptors (Lipinski definition) is 3. The van der Waals surface area contributed by atoms with Crippen molar-refractivity contribution in [3.05, 3.63) is 42.6 Å². The van der Waals surface area contributed by atoms with Crippen molar-refractivity contribution in [3.8, 4) is 0 Å². The van der Waals surface area contributed by atoms with Crippen LogP contribution in [0.3, 0.4) is 0 Å². The Balaban J connectivity index is 2.36. The van der Waals surface area contributed by atoms with Crippen LogP contribution in [-0.2, 0) is 0 Å². The Morgan fingerprint density at radius 2 is 1.79 bits per heavy atom. The molecule has 0 fully saturated rings. The van der Waals surface area contributed by atoms with Gasteiger partial charge in [-0.25, -0.2) is 9.97 Å². The molecule has 3 heterocycles. The van der Waals surface area contributed by atoms with Gasteiger partial charge in [0.2, 0.25) is 0 Å². The van der Waals surface area contributed by atoms with Crippen LogP contribution < -0.4 is 5.59 Å². The van der Waals surface area contributed by atoms with Gasteiger partial charge in [0.15, 0.2) is 18.6 Å². The molecule has 5 heteroatoms. The normalized spacial score (nSPS) is 11.4. The standard InChI is InChI=1S/C14H10BN4/c1-15-12-14-18-9-5-2-3-7-11(9)19(14)13-10(17-12)6-4-8-16-13/h2-8H,1H3. The van der Waals surface area contributed by atoms with Crippen molar-refractivity contribution < 1.29 is 0 Å². The van der Waals surface area contributed by atoms with Crippen LogP contribution in [0.2, 0.25) is 6.82 Å². The molecule has 0 saturated carbocycles. The maximum atomic E-state index is 4.67. The molecule has 19 heavy (non-hydrogen) atoms. The summed E-state index contributed by atoms with van der Waals surface area (Å²) in [5.41, 5.74) is 5.49. The Morgan fingerprint density at radius 1 is 0.947 bits per heavy atom. The van der Waals surface area contributed by atoms with Crippen molar-refractivity contribution in [1.82, 2.24) is 19.4 Å². The van der Waals surface area contributed by atoms with Crippen LogP contribution in [0.15, 0.2) is 42.6 Å². The fraction of sp³-hybridized carbons (Fsp3) is 0.0714. The number of aromatic nitrogens is 4. The van der Waals surface area contributed by atoms with Crippen LogP contribution in [-0.4, -0.2) is 26.6 Å². The number of hydrogen-bond donors (Lipinski definition) is 0. The van der Waals surface area contributed by atoms with Crippen LogP contribution in [0.4, 0.5) is 0 Å². The largest absolute Gasteiger partial charge is 0.274 e. The molecule has 0 amide bonds. The molecule has 89 valence electrons. The summed E-state index contributed by atoms with van der Waals surface area (Å²) in [4.78, 5) is 13.7. The lowest BCUT2D eigenvalue weighted by Gasteiger charge is -2.05. The van der Waals surface area contributed by atoms with E-state index in [1.165, 1.54) is 0 Å². The second-order valence-electron chi connectivity index (χ2n) is 4.39. The van der Waals surface area contributed by atoms with E-state index in [0.29, 0.717) is 0 Å². The van der Waals surface area contributed by atoms with Crippen molar-refractivity contribution in [2.45, 2.75) is 6.82 Å². The summed E-state index contributed by atoms with van der Waals surface area (Å²) in [5, 5.41) is 0. The fourth-order valence-electron chi connectivity index (χ4n) is 2.43. The highest BCUT2D eigenvalue weighted by Gasteiger charge is 2.12. The minimum Gasteiger partial charge on any atom is -0.274 e. The molecule has 0 unspecified atom stereocenters. The van der Waals surface area contributed by atoms with E-state index in [1.807, 2.05) is 44.4 Å². The zero-order chi connectivity index (χ0) is 12.8. The van der Waals surface area contributed by atoms with Crippen molar-refractivity contribution in [1.29, 1.82) is 0 Å². The third kappa shape index (κ3) is 1.38. The number of benzene rings is 1. The van der Waals surface area contributed by atoms with Crippen molar-refractivity contribution >= 4 is 40.7 Å². The number of fused-ring (bicyclic) bond motifs is 5. The van der Waals surface area contributed by atoms with Crippen LogP contribution in [0.5, 0.6) is 0 Å². The van der Waals surface area contributed by atoms with Gasteiger partial charge in [-0.2, -0.15) is 0 Å². The lowest BCUT2D eigenvalue weighted by atomic mass is 9.78. The predicted molar refractivity (Wildman–Crippen MR) is 77.0 cm³/mol. The summed E-state index contributed by atoms with van der Waals surface area (Å²) in [6.45, 7) is 1.98. The van der Waals surface area contributed by atoms with Gasteiger partial charge in [0.1, 0.15) is 5.52 Å². The molecule has 0 aliphatic carbocycles. The third-order valence-electron chi connectivity index (χ3n) is 3.28. The van der Waals surface area contributed by atoms with Gasteiger partial charge in [-0.15, -0.1) is 0 Å². The molecule has 0 saturated heterocycles. The molecule has 0 N–H and O–H groups in total. The SMILES string of the molecule is C[B]c1nc2cccnc2n2c1nc1ccccc12. The van der Waals surface area contributed by atoms with E-state index < -0.39 is 0 Å². The maximum Gasteiger partial charge on any atom is 0.179 e. The molecule has 0 bridgehead atoms. The molecule has 3 aromatic heterocycles. The molecular formula is C14H10BN4. The molecule has 0 atom stereocenters. The predicted octanol–water partition coefficient (Wildman–Crippen LogP) is 1.81. The summed E-state index contributed by atoms with van der Waals surface area (Å²) in [7, 11) is 1.98. The Bertz CT molecular complexity index is 913. The lowest BCUT2D eigenvalue weighted by molar-refractivity contribution is 1.19. The van der Waals surface area contributed by atoms with E-state index in [4.69, 9.17) is 0 Å². The molecule has 1 radical (unpaired) electrons. The van der Waals surface area contributed by atoms with Gasteiger partial charge < -0.3 is 0 Å². The van der Waals surface area contributed by atoms with E-state index in [1.54, 1.807) is 6.20 Å². The van der Waals surface area contributed by atoms with Crippen LogP contribution in [0, 0.1) is 0 Å². The average molecular weight is 245 g/mol. The molecule has 4 rings (SSSR count). The van der Waals surface area contributed by atoms with E-state index in [9.17, 15) is 0 Å². The second-order valence-corrected chi connectivity index (χ2v) is 4.39. The number of imidazole rings is 1. The first-order valence-electron chi connectivity index (χ1n) is 6.20. The smallest absolute Gasteiger partial charge is 0.179 e. The topological polar surface area (TPSA) is 43.1 Å². The van der Waals surface area contributed by atoms with Gasteiger partial charge in [-0.1, -0.05) is 19.0 Å². The fourth-order valence-corrected chi connectivity index (χ4v) is 2.43. The first-order valence-corrected chi connectivity index (χ1v) is 6.20. The Kier molecular flexibility index (Phi) is 2.09. The van der Waals surface area contributed by atoms with Gasteiger partial charge in [0.05, 0.1) is 11.0 Å². The Morgan fingerprint density at radius 3 is 2.68 bits per heavy atom. The first kappa shape index (κ1) is 10.5. The molecule has 4 aromatic rings. The van der Waals surface area contributed by atoms with Gasteiger partial charge in [0.25, 0.3) is 0 Å². The van der Waals surface area contributed by atoms with E-state index in [0.717, 1.165) is 33.4 Å². The summed E-state index contributed by atoms with van der Waals surface area (Å²) in [5.74, 6) is 0. The zero-order valence-corrected chi connectivity index (χ0v) is 10.4. The highest BCUT2D eigenvalue weighted by atomic mass is 15.1. The van der Waals surface area contributed by atoms with Crippen molar-refractivity contribution in [2.24, 2.45) is 0 Å². The highest BCUT2D eigenvalue weighted by Crippen LogP contribution is 2.19. The van der Waals surface area contributed by atoms with Gasteiger partial charge >= 0.3 is 0 Å². The summed E-state index contributed by atoms with van der Waals surface area (Å²) in [6, 6.07) is 12.0. The number of nitrogens with zero attached hydrogens (tertiary/aromatic N) is 4. The van der Waals surface area contributed by atoms with E-state index in [-0.39, 0.29) is 0 Å². The average Bonchev–Trinajstić information content (AvgIpc) is 2.86. The van der Waals surface area contributed by atoms with Crippen LogP contribution in [0.25, 0.3) is 27.8 Å². The first-order chi connectivity index (χ1) is 9.38. The zero-order valence-electron chi connectivity index (χ0n) is 10.4. The molecule has 0 aliphatic rings. The Hall–Kier alpha value is -2.43. The van der Waals surface area contributed by atoms with Crippen LogP contribution >= 0.6 is 0 Å². The van der Waals surface area contributed by atoms with Crippen molar-refractivity contribution in [2.75, 3.05) is 0 Å². The number of pyridine rings is 1. The number of rotatable bonds is 1. The van der Waals surface area contributed by atoms with Gasteiger partial charge in [0, 0.05) is 11.8 Å². The highest BCUT2D eigenvalue weighted by molar-refractivity contribution is 6.53. The molecule has 0 aliphatic heterocycles. The van der Waals surface area contributed by atoms with Gasteiger partial charge in [-0.3, -0.25) is 9.38 Å². The Labute approximate surface area is 110 Å². The molecule has 4 nitrogen and oxygen atoms in total. The summed E-state index contributed by atoms with van der Waals surface area (Å²) in [6.07, 6.45) is 1.79. The minimum absolute atomic E-state index is 0.844. The van der Waals surface area contributed by atoms with E-state index >= 15 is 0 Å². The monoisotopic (exact) mass is 245 g/mol. The third-order valence-corrected chi connectivity index (χ3v) is 3.28.